The lowest BCUT2D eigenvalue weighted by Crippen LogP contribution is -3.09. The second kappa shape index (κ2) is 13.9. The van der Waals surface area contributed by atoms with Gasteiger partial charge in [-0.3, -0.25) is 25.1 Å². The second-order valence-electron chi connectivity index (χ2n) is 14.0. The molecule has 0 bridgehead atoms. The van der Waals surface area contributed by atoms with Gasteiger partial charge in [-0.05, 0) is 25.0 Å². The number of amidine groups is 1. The topological polar surface area (TPSA) is 245 Å². The molecule has 1 saturated carbocycles. The first kappa shape index (κ1) is 35.8. The van der Waals surface area contributed by atoms with Crippen LogP contribution in [0.2, 0.25) is 0 Å². The number of amides is 1. The lowest BCUT2D eigenvalue weighted by molar-refractivity contribution is -0.723. The zero-order valence-electron chi connectivity index (χ0n) is 28.8. The number of aliphatic hydroxyl groups excluding tert-OH is 4. The van der Waals surface area contributed by atoms with Gasteiger partial charge in [0.25, 0.3) is 11.7 Å². The van der Waals surface area contributed by atoms with Crippen molar-refractivity contribution in [3.8, 4) is 11.5 Å². The van der Waals surface area contributed by atoms with Crippen LogP contribution in [0.1, 0.15) is 68.7 Å². The zero-order valence-corrected chi connectivity index (χ0v) is 28.8. The second-order valence-corrected chi connectivity index (χ2v) is 14.0. The minimum atomic E-state index is -1.84. The van der Waals surface area contributed by atoms with Crippen molar-refractivity contribution in [2.75, 3.05) is 19.9 Å². The van der Waals surface area contributed by atoms with Crippen molar-refractivity contribution in [3.05, 3.63) is 88.0 Å². The molecule has 16 heteroatoms. The molecule has 2 aliphatic carbocycles. The highest BCUT2D eigenvalue weighted by Gasteiger charge is 2.54. The maximum Gasteiger partial charge on any atom is 0.284 e. The molecule has 3 aromatic rings. The average molecular weight is 741 g/mol. The maximum atomic E-state index is 14.2. The van der Waals surface area contributed by atoms with Gasteiger partial charge in [0.1, 0.15) is 36.7 Å². The van der Waals surface area contributed by atoms with Crippen molar-refractivity contribution in [1.82, 2.24) is 5.32 Å². The van der Waals surface area contributed by atoms with E-state index in [1.807, 2.05) is 0 Å². The van der Waals surface area contributed by atoms with Crippen LogP contribution >= 0.6 is 0 Å². The molecule has 3 aliphatic heterocycles. The van der Waals surface area contributed by atoms with E-state index in [1.54, 1.807) is 42.5 Å². The summed E-state index contributed by atoms with van der Waals surface area (Å²) in [5, 5.41) is 64.9. The Morgan fingerprint density at radius 1 is 0.907 bits per heavy atom. The quantitative estimate of drug-likeness (QED) is 0.107. The summed E-state index contributed by atoms with van der Waals surface area (Å²) < 4.78 is 18.5. The predicted molar refractivity (Wildman–Crippen MR) is 189 cm³/mol. The number of hydrogen-bond donors (Lipinski definition) is 8. The van der Waals surface area contributed by atoms with Crippen LogP contribution < -0.4 is 19.7 Å². The van der Waals surface area contributed by atoms with Crippen molar-refractivity contribution in [3.63, 3.8) is 0 Å². The summed E-state index contributed by atoms with van der Waals surface area (Å²) in [5.41, 5.74) is 0.291. The number of para-hydroxylation sites is 1. The SMILES string of the molecule is N=C1N=C2C(=NC[NH+]2c2ccccc2Cc2cc3c(c(OCCO)c2OC2OC(C4(O)CCCC4)C(O)C(O)C2O)C(=O)c2ccccc2C3=O)C(=O)N1. The molecule has 5 aliphatic rings. The number of carbonyl (C=O) groups is 3. The molecule has 2 fully saturated rings. The molecular weight excluding hydrogens is 702 g/mol. The molecule has 0 spiro atoms. The molecule has 16 nitrogen and oxygen atoms in total. The normalized spacial score (nSPS) is 27.1. The van der Waals surface area contributed by atoms with Gasteiger partial charge in [-0.25, -0.2) is 9.89 Å². The Morgan fingerprint density at radius 3 is 2.35 bits per heavy atom. The van der Waals surface area contributed by atoms with E-state index in [-0.39, 0.29) is 89.4 Å². The van der Waals surface area contributed by atoms with Gasteiger partial charge in [0.15, 0.2) is 29.7 Å². The smallest absolute Gasteiger partial charge is 0.284 e. The van der Waals surface area contributed by atoms with Crippen LogP contribution in [0.3, 0.4) is 0 Å². The van der Waals surface area contributed by atoms with Crippen molar-refractivity contribution in [2.24, 2.45) is 9.98 Å². The number of nitrogens with zero attached hydrogens (tertiary/aromatic N) is 2. The van der Waals surface area contributed by atoms with Gasteiger partial charge < -0.3 is 39.7 Å². The number of ether oxygens (including phenoxy) is 3. The number of carbonyl (C=O) groups excluding carboxylic acids is 3. The number of guanidine groups is 1. The fraction of sp³-hybridized carbons (Fsp3) is 0.368. The van der Waals surface area contributed by atoms with Crippen LogP contribution in [0.15, 0.2) is 64.6 Å². The Kier molecular flexibility index (Phi) is 9.21. The van der Waals surface area contributed by atoms with E-state index in [9.17, 15) is 39.9 Å². The van der Waals surface area contributed by atoms with Crippen LogP contribution in [0, 0.1) is 5.41 Å². The van der Waals surface area contributed by atoms with Crippen LogP contribution in [0.4, 0.5) is 5.69 Å². The molecule has 1 amide bonds. The Bertz CT molecular complexity index is 2150. The first-order chi connectivity index (χ1) is 26.0. The number of rotatable bonds is 9. The maximum absolute atomic E-state index is 14.2. The Morgan fingerprint density at radius 2 is 1.61 bits per heavy atom. The van der Waals surface area contributed by atoms with E-state index in [0.717, 1.165) is 0 Å². The third kappa shape index (κ3) is 5.92. The number of aliphatic imine (C=N–C) groups is 2. The third-order valence-electron chi connectivity index (χ3n) is 10.6. The van der Waals surface area contributed by atoms with Crippen LogP contribution in [0.5, 0.6) is 11.5 Å². The highest BCUT2D eigenvalue weighted by Crippen LogP contribution is 2.46. The van der Waals surface area contributed by atoms with Crippen molar-refractivity contribution in [2.45, 2.75) is 68.4 Å². The summed E-state index contributed by atoms with van der Waals surface area (Å²) >= 11 is 0. The third-order valence-corrected chi connectivity index (χ3v) is 10.6. The molecule has 3 heterocycles. The Labute approximate surface area is 307 Å². The van der Waals surface area contributed by atoms with Gasteiger partial charge in [0, 0.05) is 34.2 Å². The minimum absolute atomic E-state index is 0.00545. The van der Waals surface area contributed by atoms with Crippen LogP contribution in [0.25, 0.3) is 0 Å². The standard InChI is InChI=1S/C38H37N5O11/c39-37-41-34-25(35(50)42-37)40-17-43(34)23-10-4-1-7-18(23)15-19-16-22-24(27(46)21-9-3-2-8-20(21)26(22)45)32(52-14-13-44)31(19)53-36-30(49)28(47)29(48)33(54-36)38(51)11-5-6-12-38/h1-4,7-10,16,28-30,33,36,44,47-49,51H,5-6,11-15,17H2,(H2,39,42,50)/p+1. The lowest BCUT2D eigenvalue weighted by Gasteiger charge is -2.45. The molecule has 54 heavy (non-hydrogen) atoms. The Balaban J connectivity index is 1.27. The van der Waals surface area contributed by atoms with Gasteiger partial charge in [-0.1, -0.05) is 55.3 Å². The number of quaternary nitrogens is 1. The summed E-state index contributed by atoms with van der Waals surface area (Å²) in [4.78, 5) is 50.1. The average Bonchev–Trinajstić information content (AvgIpc) is 3.81. The summed E-state index contributed by atoms with van der Waals surface area (Å²) in [6, 6.07) is 15.0. The number of nitrogens with one attached hydrogen (secondary N) is 3. The minimum Gasteiger partial charge on any atom is -0.486 e. The summed E-state index contributed by atoms with van der Waals surface area (Å²) in [5.74, 6) is -1.99. The van der Waals surface area contributed by atoms with Crippen molar-refractivity contribution >= 4 is 40.7 Å². The molecule has 8 rings (SSSR count). The van der Waals surface area contributed by atoms with E-state index in [0.29, 0.717) is 29.0 Å². The van der Waals surface area contributed by atoms with Crippen molar-refractivity contribution in [1.29, 1.82) is 5.41 Å². The van der Waals surface area contributed by atoms with E-state index < -0.39 is 60.4 Å². The first-order valence-corrected chi connectivity index (χ1v) is 17.7. The highest BCUT2D eigenvalue weighted by atomic mass is 16.7. The number of hydrogen-bond acceptors (Lipinski definition) is 13. The van der Waals surface area contributed by atoms with Crippen LogP contribution in [-0.2, 0) is 16.0 Å². The van der Waals surface area contributed by atoms with E-state index in [4.69, 9.17) is 19.6 Å². The van der Waals surface area contributed by atoms with E-state index >= 15 is 0 Å². The molecule has 0 aromatic heterocycles. The zero-order chi connectivity index (χ0) is 37.9. The van der Waals surface area contributed by atoms with Gasteiger partial charge in [-0.15, -0.1) is 0 Å². The number of ketones is 2. The fourth-order valence-electron chi connectivity index (χ4n) is 8.02. The van der Waals surface area contributed by atoms with Crippen LogP contribution in [-0.4, -0.2) is 117 Å². The summed E-state index contributed by atoms with van der Waals surface area (Å²) in [6.07, 6.45) is -6.47. The summed E-state index contributed by atoms with van der Waals surface area (Å²) in [7, 11) is 0. The molecule has 6 unspecified atom stereocenters. The largest absolute Gasteiger partial charge is 0.486 e. The van der Waals surface area contributed by atoms with Gasteiger partial charge >= 0.3 is 0 Å². The Hall–Kier alpha value is -5.20. The molecular formula is C38H38N5O11+. The monoisotopic (exact) mass is 740 g/mol. The van der Waals surface area contributed by atoms with Crippen molar-refractivity contribution < 1.29 is 59.0 Å². The van der Waals surface area contributed by atoms with Gasteiger partial charge in [-0.2, -0.15) is 4.99 Å². The number of fused-ring (bicyclic) bond motifs is 3. The molecule has 0 radical (unpaired) electrons. The number of aliphatic hydroxyl groups is 5. The highest BCUT2D eigenvalue weighted by molar-refractivity contribution is 6.68. The fourth-order valence-corrected chi connectivity index (χ4v) is 8.02. The summed E-state index contributed by atoms with van der Waals surface area (Å²) in [6.45, 7) is -0.704. The first-order valence-electron chi connectivity index (χ1n) is 17.7. The van der Waals surface area contributed by atoms with E-state index in [2.05, 4.69) is 15.3 Å². The molecule has 6 atom stereocenters. The molecule has 3 aromatic carbocycles. The molecule has 8 N–H and O–H groups in total. The van der Waals surface area contributed by atoms with Gasteiger partial charge in [0.05, 0.1) is 17.8 Å². The molecule has 280 valence electrons. The number of benzene rings is 3. The predicted octanol–water partition coefficient (Wildman–Crippen LogP) is -0.693. The van der Waals surface area contributed by atoms with E-state index in [1.165, 1.54) is 12.1 Å². The lowest BCUT2D eigenvalue weighted by atomic mass is 9.81. The van der Waals surface area contributed by atoms with Gasteiger partial charge in [0.2, 0.25) is 18.0 Å². The molecule has 1 saturated heterocycles.